The molecule has 16 heavy (non-hydrogen) atoms. The Morgan fingerprint density at radius 2 is 1.75 bits per heavy atom. The second-order valence-corrected chi connectivity index (χ2v) is 4.45. The van der Waals surface area contributed by atoms with Crippen LogP contribution in [0.25, 0.3) is 0 Å². The molecule has 1 unspecified atom stereocenters. The van der Waals surface area contributed by atoms with Crippen molar-refractivity contribution in [3.05, 3.63) is 42.5 Å². The molecule has 0 aromatic heterocycles. The molecule has 1 nitrogen and oxygen atoms in total. The van der Waals surface area contributed by atoms with Crippen LogP contribution in [0, 0.1) is 0 Å². The molecule has 0 aliphatic heterocycles. The number of halogens is 1. The van der Waals surface area contributed by atoms with Crippen LogP contribution in [-0.4, -0.2) is 19.6 Å². The van der Waals surface area contributed by atoms with Gasteiger partial charge in [-0.3, -0.25) is 4.48 Å². The summed E-state index contributed by atoms with van der Waals surface area (Å²) in [6.45, 7) is 7.68. The van der Waals surface area contributed by atoms with Crippen LogP contribution in [0.15, 0.2) is 42.5 Å². The van der Waals surface area contributed by atoms with E-state index in [0.717, 1.165) is 11.0 Å². The summed E-state index contributed by atoms with van der Waals surface area (Å²) in [4.78, 5) is 0. The van der Waals surface area contributed by atoms with Crippen molar-refractivity contribution in [3.8, 4) is 0 Å². The van der Waals surface area contributed by atoms with E-state index in [2.05, 4.69) is 70.3 Å². The van der Waals surface area contributed by atoms with Gasteiger partial charge in [0.15, 0.2) is 0 Å². The second-order valence-electron chi connectivity index (χ2n) is 4.45. The summed E-state index contributed by atoms with van der Waals surface area (Å²) < 4.78 is 0.963. The molecule has 0 fully saturated rings. The summed E-state index contributed by atoms with van der Waals surface area (Å²) in [5.74, 6) is 0. The molecule has 0 amide bonds. The zero-order valence-corrected chi connectivity index (χ0v) is 12.2. The zero-order valence-electron chi connectivity index (χ0n) is 10.7. The molecule has 0 saturated heterocycles. The maximum Gasteiger partial charge on any atom is 0.133 e. The molecule has 1 rings (SSSR count). The molecule has 0 heterocycles. The number of allylic oxidation sites excluding steroid dienone is 1. The summed E-state index contributed by atoms with van der Waals surface area (Å²) in [6, 6.07) is 11.3. The normalized spacial score (nSPS) is 14.8. The first kappa shape index (κ1) is 15.4. The average molecular weight is 284 g/mol. The Kier molecular flexibility index (Phi) is 6.61. The molecule has 90 valence electrons. The van der Waals surface area contributed by atoms with E-state index in [-0.39, 0.29) is 17.0 Å². The first-order valence-corrected chi connectivity index (χ1v) is 5.63. The smallest absolute Gasteiger partial charge is 0.133 e. The van der Waals surface area contributed by atoms with Crippen molar-refractivity contribution in [2.45, 2.75) is 26.8 Å². The highest BCUT2D eigenvalue weighted by Crippen LogP contribution is 2.23. The van der Waals surface area contributed by atoms with Crippen molar-refractivity contribution in [1.82, 2.24) is 4.48 Å². The van der Waals surface area contributed by atoms with Crippen LogP contribution in [0.3, 0.4) is 0 Å². The fourth-order valence-electron chi connectivity index (χ4n) is 1.71. The summed E-state index contributed by atoms with van der Waals surface area (Å²) >= 11 is 0. The molecular weight excluding hydrogens is 262 g/mol. The first-order chi connectivity index (χ1) is 7.11. The van der Waals surface area contributed by atoms with E-state index in [1.807, 2.05) is 0 Å². The van der Waals surface area contributed by atoms with Crippen LogP contribution in [0.5, 0.6) is 0 Å². The van der Waals surface area contributed by atoms with E-state index < -0.39 is 0 Å². The van der Waals surface area contributed by atoms with E-state index >= 15 is 0 Å². The summed E-state index contributed by atoms with van der Waals surface area (Å²) in [7, 11) is 2.29. The van der Waals surface area contributed by atoms with Crippen LogP contribution < -0.4 is 21.5 Å². The Morgan fingerprint density at radius 3 is 2.19 bits per heavy atom. The van der Waals surface area contributed by atoms with E-state index in [0.29, 0.717) is 6.04 Å². The zero-order chi connectivity index (χ0) is 11.3. The molecule has 0 bridgehead atoms. The first-order valence-electron chi connectivity index (χ1n) is 5.63. The Labute approximate surface area is 110 Å². The van der Waals surface area contributed by atoms with Crippen LogP contribution in [0.4, 0.5) is 5.69 Å². The van der Waals surface area contributed by atoms with Gasteiger partial charge in [-0.2, -0.15) is 0 Å². The largest absolute Gasteiger partial charge is 1.00 e. The van der Waals surface area contributed by atoms with Crippen LogP contribution in [-0.2, 0) is 0 Å². The van der Waals surface area contributed by atoms with Gasteiger partial charge in [0.1, 0.15) is 12.2 Å². The maximum atomic E-state index is 2.29. The van der Waals surface area contributed by atoms with Gasteiger partial charge in [0, 0.05) is 0 Å². The van der Waals surface area contributed by atoms with E-state index in [1.54, 1.807) is 0 Å². The second kappa shape index (κ2) is 6.87. The van der Waals surface area contributed by atoms with Crippen molar-refractivity contribution in [2.24, 2.45) is 0 Å². The number of benzene rings is 1. The third-order valence-corrected chi connectivity index (χ3v) is 3.21. The minimum Gasteiger partial charge on any atom is -1.00 e. The number of hydrogen-bond acceptors (Lipinski definition) is 0. The Balaban J connectivity index is 0.00000225. The monoisotopic (exact) mass is 283 g/mol. The van der Waals surface area contributed by atoms with Crippen molar-refractivity contribution in [3.63, 3.8) is 0 Å². The molecular formula is C14H22BrN. The molecule has 1 aromatic rings. The number of likely N-dealkylation sites (N-methyl/N-ethyl adjacent to an activating group) is 1. The topological polar surface area (TPSA) is 0 Å². The molecule has 0 radical (unpaired) electrons. The van der Waals surface area contributed by atoms with Crippen LogP contribution in [0.1, 0.15) is 20.8 Å². The van der Waals surface area contributed by atoms with E-state index in [4.69, 9.17) is 0 Å². The number of nitrogens with zero attached hydrogens (tertiary/aromatic N) is 1. The SMILES string of the molecule is C/C=C/C[N+](C)(c1ccccc1)C(C)C.[Br-]. The van der Waals surface area contributed by atoms with E-state index in [1.165, 1.54) is 5.69 Å². The third kappa shape index (κ3) is 3.46. The lowest BCUT2D eigenvalue weighted by molar-refractivity contribution is -0.00000333. The lowest BCUT2D eigenvalue weighted by Gasteiger charge is -2.37. The van der Waals surface area contributed by atoms with Crippen molar-refractivity contribution in [1.29, 1.82) is 0 Å². The average Bonchev–Trinajstić information content (AvgIpc) is 2.27. The van der Waals surface area contributed by atoms with Gasteiger partial charge in [-0.05, 0) is 39.0 Å². The highest BCUT2D eigenvalue weighted by molar-refractivity contribution is 5.43. The van der Waals surface area contributed by atoms with Crippen molar-refractivity contribution >= 4 is 5.69 Å². The fraction of sp³-hybridized carbons (Fsp3) is 0.429. The van der Waals surface area contributed by atoms with Gasteiger partial charge in [-0.25, -0.2) is 0 Å². The summed E-state index contributed by atoms with van der Waals surface area (Å²) in [5, 5.41) is 0. The minimum atomic E-state index is 0. The Morgan fingerprint density at radius 1 is 1.19 bits per heavy atom. The van der Waals surface area contributed by atoms with Gasteiger partial charge in [-0.15, -0.1) is 0 Å². The standard InChI is InChI=1S/C14H22N.BrH/c1-5-6-12-15(4,13(2)3)14-10-8-7-9-11-14;/h5-11,13H,12H2,1-4H3;1H/q+1;/p-1/b6-5+;. The molecule has 1 aromatic carbocycles. The van der Waals surface area contributed by atoms with Gasteiger partial charge in [-0.1, -0.05) is 24.3 Å². The van der Waals surface area contributed by atoms with E-state index in [9.17, 15) is 0 Å². The predicted molar refractivity (Wildman–Crippen MR) is 69.0 cm³/mol. The van der Waals surface area contributed by atoms with Crippen molar-refractivity contribution < 1.29 is 17.0 Å². The van der Waals surface area contributed by atoms with Gasteiger partial charge >= 0.3 is 0 Å². The van der Waals surface area contributed by atoms with Crippen LogP contribution in [0.2, 0.25) is 0 Å². The third-order valence-electron chi connectivity index (χ3n) is 3.21. The fourth-order valence-corrected chi connectivity index (χ4v) is 1.71. The van der Waals surface area contributed by atoms with Gasteiger partial charge in [0.25, 0.3) is 0 Å². The Bertz CT molecular complexity index is 319. The maximum absolute atomic E-state index is 2.29. The predicted octanol–water partition coefficient (Wildman–Crippen LogP) is 0.612. The molecule has 0 N–H and O–H groups in total. The molecule has 0 spiro atoms. The molecule has 0 saturated carbocycles. The molecule has 0 aliphatic carbocycles. The molecule has 2 heteroatoms. The number of hydrogen-bond donors (Lipinski definition) is 0. The number of para-hydroxylation sites is 1. The number of quaternary nitrogens is 1. The quantitative estimate of drug-likeness (QED) is 0.561. The highest BCUT2D eigenvalue weighted by Gasteiger charge is 2.26. The Hall–Kier alpha value is -0.600. The minimum absolute atomic E-state index is 0. The summed E-state index contributed by atoms with van der Waals surface area (Å²) in [6.07, 6.45) is 4.37. The van der Waals surface area contributed by atoms with Gasteiger partial charge in [0.05, 0.1) is 13.1 Å². The molecule has 0 aliphatic rings. The lowest BCUT2D eigenvalue weighted by atomic mass is 10.1. The van der Waals surface area contributed by atoms with Crippen LogP contribution >= 0.6 is 0 Å². The lowest BCUT2D eigenvalue weighted by Crippen LogP contribution is -3.00. The summed E-state index contributed by atoms with van der Waals surface area (Å²) in [5.41, 5.74) is 1.38. The van der Waals surface area contributed by atoms with Crippen molar-refractivity contribution in [2.75, 3.05) is 13.6 Å². The highest BCUT2D eigenvalue weighted by atomic mass is 79.9. The van der Waals surface area contributed by atoms with Gasteiger partial charge in [0.2, 0.25) is 0 Å². The molecule has 1 atom stereocenters. The number of rotatable bonds is 4. The van der Waals surface area contributed by atoms with Gasteiger partial charge < -0.3 is 17.0 Å².